The van der Waals surface area contributed by atoms with E-state index < -0.39 is 28.5 Å². The molecule has 8 heteroatoms. The molecule has 0 spiro atoms. The highest BCUT2D eigenvalue weighted by molar-refractivity contribution is 7.89. The van der Waals surface area contributed by atoms with Crippen LogP contribution in [0.5, 0.6) is 0 Å². The summed E-state index contributed by atoms with van der Waals surface area (Å²) in [6, 6.07) is 11.3. The molecule has 2 rings (SSSR count). The van der Waals surface area contributed by atoms with Gasteiger partial charge in [-0.05, 0) is 47.7 Å². The molecular weight excluding hydrogens is 380 g/mol. The van der Waals surface area contributed by atoms with Gasteiger partial charge in [0.05, 0.1) is 10.5 Å². The minimum atomic E-state index is -3.95. The molecule has 0 radical (unpaired) electrons. The number of carbonyl (C=O) groups excluding carboxylic acids is 2. The van der Waals surface area contributed by atoms with E-state index in [1.165, 1.54) is 12.1 Å². The highest BCUT2D eigenvalue weighted by Crippen LogP contribution is 2.23. The van der Waals surface area contributed by atoms with E-state index >= 15 is 0 Å². The third-order valence-corrected chi connectivity index (χ3v) is 5.04. The second-order valence-corrected chi connectivity index (χ2v) is 9.03. The number of carbonyl (C=O) groups is 2. The number of nitrogens with two attached hydrogens (primary N) is 1. The largest absolute Gasteiger partial charge is 0.452 e. The van der Waals surface area contributed by atoms with E-state index in [1.807, 2.05) is 12.1 Å². The maximum absolute atomic E-state index is 12.2. The number of hydrogen-bond acceptors (Lipinski definition) is 5. The quantitative estimate of drug-likeness (QED) is 0.744. The SMILES string of the molecule is Cc1ccc(S(N)(=O)=O)cc1C(=O)OCC(=O)Nc1ccc(C(C)(C)C)cc1. The molecule has 0 fully saturated rings. The molecule has 7 nitrogen and oxygen atoms in total. The number of hydrogen-bond donors (Lipinski definition) is 2. The normalized spacial score (nSPS) is 11.8. The summed E-state index contributed by atoms with van der Waals surface area (Å²) >= 11 is 0. The summed E-state index contributed by atoms with van der Waals surface area (Å²) in [6.45, 7) is 7.39. The van der Waals surface area contributed by atoms with Gasteiger partial charge in [-0.1, -0.05) is 39.0 Å². The maximum atomic E-state index is 12.2. The van der Waals surface area contributed by atoms with E-state index in [4.69, 9.17) is 9.88 Å². The fraction of sp³-hybridized carbons (Fsp3) is 0.300. The van der Waals surface area contributed by atoms with Crippen molar-refractivity contribution in [1.29, 1.82) is 0 Å². The Balaban J connectivity index is 2.00. The number of nitrogens with one attached hydrogen (secondary N) is 1. The van der Waals surface area contributed by atoms with Crippen molar-refractivity contribution >= 4 is 27.6 Å². The second-order valence-electron chi connectivity index (χ2n) is 7.47. The molecule has 0 aliphatic heterocycles. The molecule has 0 aliphatic rings. The van der Waals surface area contributed by atoms with Crippen molar-refractivity contribution < 1.29 is 22.7 Å². The zero-order valence-electron chi connectivity index (χ0n) is 16.3. The molecule has 2 aromatic carbocycles. The van der Waals surface area contributed by atoms with Gasteiger partial charge in [-0.25, -0.2) is 18.4 Å². The van der Waals surface area contributed by atoms with Crippen LogP contribution in [0.3, 0.4) is 0 Å². The summed E-state index contributed by atoms with van der Waals surface area (Å²) in [6.07, 6.45) is 0. The van der Waals surface area contributed by atoms with Crippen molar-refractivity contribution in [3.63, 3.8) is 0 Å². The van der Waals surface area contributed by atoms with Crippen molar-refractivity contribution in [3.05, 3.63) is 59.2 Å². The highest BCUT2D eigenvalue weighted by atomic mass is 32.2. The predicted molar refractivity (Wildman–Crippen MR) is 107 cm³/mol. The fourth-order valence-corrected chi connectivity index (χ4v) is 3.00. The van der Waals surface area contributed by atoms with Crippen LogP contribution in [0.15, 0.2) is 47.4 Å². The maximum Gasteiger partial charge on any atom is 0.338 e. The third-order valence-electron chi connectivity index (χ3n) is 4.13. The summed E-state index contributed by atoms with van der Waals surface area (Å²) in [4.78, 5) is 24.1. The molecule has 28 heavy (non-hydrogen) atoms. The second kappa shape index (κ2) is 8.12. The summed E-state index contributed by atoms with van der Waals surface area (Å²) in [5.74, 6) is -1.31. The molecule has 0 saturated heterocycles. The Morgan fingerprint density at radius 2 is 1.68 bits per heavy atom. The molecule has 0 bridgehead atoms. The van der Waals surface area contributed by atoms with E-state index in [-0.39, 0.29) is 15.9 Å². The van der Waals surface area contributed by atoms with Crippen molar-refractivity contribution in [2.45, 2.75) is 38.0 Å². The first-order valence-electron chi connectivity index (χ1n) is 8.59. The van der Waals surface area contributed by atoms with E-state index in [1.54, 1.807) is 19.1 Å². The van der Waals surface area contributed by atoms with Crippen LogP contribution in [0, 0.1) is 6.92 Å². The Bertz CT molecular complexity index is 990. The minimum absolute atomic E-state index is 0.00146. The number of benzene rings is 2. The summed E-state index contributed by atoms with van der Waals surface area (Å²) in [7, 11) is -3.95. The van der Waals surface area contributed by atoms with Crippen molar-refractivity contribution in [1.82, 2.24) is 0 Å². The van der Waals surface area contributed by atoms with Gasteiger partial charge in [0.15, 0.2) is 6.61 Å². The molecule has 2 aromatic rings. The van der Waals surface area contributed by atoms with Gasteiger partial charge < -0.3 is 10.1 Å². The number of anilines is 1. The number of aryl methyl sites for hydroxylation is 1. The van der Waals surface area contributed by atoms with Gasteiger partial charge in [-0.15, -0.1) is 0 Å². The van der Waals surface area contributed by atoms with Crippen molar-refractivity contribution in [2.24, 2.45) is 5.14 Å². The van der Waals surface area contributed by atoms with Crippen LogP contribution in [-0.2, 0) is 25.0 Å². The third kappa shape index (κ3) is 5.64. The lowest BCUT2D eigenvalue weighted by Gasteiger charge is -2.19. The van der Waals surface area contributed by atoms with Gasteiger partial charge in [-0.2, -0.15) is 0 Å². The van der Waals surface area contributed by atoms with E-state index in [2.05, 4.69) is 26.1 Å². The van der Waals surface area contributed by atoms with Gasteiger partial charge >= 0.3 is 5.97 Å². The Hall–Kier alpha value is -2.71. The molecule has 0 unspecified atom stereocenters. The number of amides is 1. The average molecular weight is 404 g/mol. The van der Waals surface area contributed by atoms with E-state index in [0.29, 0.717) is 11.3 Å². The first kappa shape index (κ1) is 21.6. The summed E-state index contributed by atoms with van der Waals surface area (Å²) in [5.41, 5.74) is 2.26. The zero-order valence-corrected chi connectivity index (χ0v) is 17.1. The van der Waals surface area contributed by atoms with Crippen LogP contribution in [-0.4, -0.2) is 26.9 Å². The van der Waals surface area contributed by atoms with Crippen LogP contribution in [0.25, 0.3) is 0 Å². The van der Waals surface area contributed by atoms with Gasteiger partial charge in [0.25, 0.3) is 5.91 Å². The van der Waals surface area contributed by atoms with Crippen LogP contribution in [0.1, 0.15) is 42.3 Å². The van der Waals surface area contributed by atoms with Gasteiger partial charge in [0.1, 0.15) is 0 Å². The first-order valence-corrected chi connectivity index (χ1v) is 10.1. The van der Waals surface area contributed by atoms with Crippen molar-refractivity contribution in [3.8, 4) is 0 Å². The molecule has 150 valence electrons. The molecule has 0 heterocycles. The lowest BCUT2D eigenvalue weighted by molar-refractivity contribution is -0.119. The monoisotopic (exact) mass is 404 g/mol. The van der Waals surface area contributed by atoms with E-state index in [9.17, 15) is 18.0 Å². The Kier molecular flexibility index (Phi) is 6.26. The van der Waals surface area contributed by atoms with Gasteiger partial charge in [0, 0.05) is 5.69 Å². The summed E-state index contributed by atoms with van der Waals surface area (Å²) in [5, 5.41) is 7.72. The molecule has 0 atom stereocenters. The predicted octanol–water partition coefficient (Wildman–Crippen LogP) is 2.74. The Morgan fingerprint density at radius 1 is 1.07 bits per heavy atom. The number of esters is 1. The molecule has 0 saturated carbocycles. The average Bonchev–Trinajstić information content (AvgIpc) is 2.58. The molecule has 0 aromatic heterocycles. The van der Waals surface area contributed by atoms with Gasteiger partial charge in [0.2, 0.25) is 10.0 Å². The number of primary sulfonamides is 1. The smallest absolute Gasteiger partial charge is 0.338 e. The van der Waals surface area contributed by atoms with Gasteiger partial charge in [-0.3, -0.25) is 4.79 Å². The van der Waals surface area contributed by atoms with Crippen LogP contribution < -0.4 is 10.5 Å². The topological polar surface area (TPSA) is 116 Å². The van der Waals surface area contributed by atoms with Crippen LogP contribution >= 0.6 is 0 Å². The lowest BCUT2D eigenvalue weighted by Crippen LogP contribution is -2.22. The number of ether oxygens (including phenoxy) is 1. The van der Waals surface area contributed by atoms with Crippen molar-refractivity contribution in [2.75, 3.05) is 11.9 Å². The highest BCUT2D eigenvalue weighted by Gasteiger charge is 2.17. The number of rotatable bonds is 5. The molecular formula is C20H24N2O5S. The fourth-order valence-electron chi connectivity index (χ4n) is 2.46. The molecule has 0 aliphatic carbocycles. The van der Waals surface area contributed by atoms with E-state index in [0.717, 1.165) is 11.6 Å². The zero-order chi connectivity index (χ0) is 21.1. The van der Waals surface area contributed by atoms with Crippen LogP contribution in [0.4, 0.5) is 5.69 Å². The van der Waals surface area contributed by atoms with Crippen LogP contribution in [0.2, 0.25) is 0 Å². The lowest BCUT2D eigenvalue weighted by atomic mass is 9.87. The molecule has 3 N–H and O–H groups in total. The molecule has 1 amide bonds. The summed E-state index contributed by atoms with van der Waals surface area (Å²) < 4.78 is 27.9. The Morgan fingerprint density at radius 3 is 2.21 bits per heavy atom. The first-order chi connectivity index (χ1) is 12.9. The minimum Gasteiger partial charge on any atom is -0.452 e. The standard InChI is InChI=1S/C20H24N2O5S/c1-13-5-10-16(28(21,25)26)11-17(13)19(24)27-12-18(23)22-15-8-6-14(7-9-15)20(2,3)4/h5-11H,12H2,1-4H3,(H,22,23)(H2,21,25,26). The Labute approximate surface area is 164 Å². The number of sulfonamides is 1.